The van der Waals surface area contributed by atoms with E-state index in [0.717, 1.165) is 11.4 Å². The minimum absolute atomic E-state index is 0.159. The van der Waals surface area contributed by atoms with Crippen molar-refractivity contribution in [3.63, 3.8) is 0 Å². The van der Waals surface area contributed by atoms with Crippen molar-refractivity contribution in [2.75, 3.05) is 23.5 Å². The van der Waals surface area contributed by atoms with Crippen LogP contribution in [0.3, 0.4) is 0 Å². The number of sulfone groups is 1. The van der Waals surface area contributed by atoms with Gasteiger partial charge in [-0.05, 0) is 32.0 Å². The van der Waals surface area contributed by atoms with Gasteiger partial charge >= 0.3 is 0 Å². The molecule has 0 bridgehead atoms. The molecule has 13 heteroatoms. The Kier molecular flexibility index (Phi) is 5.69. The lowest BCUT2D eigenvalue weighted by Crippen LogP contribution is -2.16. The number of pyridine rings is 1. The topological polar surface area (TPSA) is 145 Å². The number of imidazole rings is 1. The number of H-pyrrole nitrogens is 1. The van der Waals surface area contributed by atoms with Crippen molar-refractivity contribution in [3.05, 3.63) is 53.6 Å². The quantitative estimate of drug-likeness (QED) is 0.298. The number of benzene rings is 1. The minimum atomic E-state index is -3.58. The van der Waals surface area contributed by atoms with E-state index >= 15 is 0 Å². The third kappa shape index (κ3) is 4.50. The van der Waals surface area contributed by atoms with Crippen molar-refractivity contribution >= 4 is 44.0 Å². The molecule has 0 unspecified atom stereocenters. The number of aromatic nitrogens is 7. The predicted octanol–water partition coefficient (Wildman–Crippen LogP) is 3.59. The van der Waals surface area contributed by atoms with Crippen LogP contribution >= 0.6 is 0 Å². The number of anilines is 4. The van der Waals surface area contributed by atoms with Crippen LogP contribution in [0.5, 0.6) is 0 Å². The fraction of sp³-hybridized carbons (Fsp3) is 0.280. The minimum Gasteiger partial charge on any atom is -0.373 e. The Labute approximate surface area is 219 Å². The number of aryl methyl sites for hydroxylation is 3. The van der Waals surface area contributed by atoms with Gasteiger partial charge in [0, 0.05) is 36.7 Å². The number of fused-ring (bicyclic) bond motifs is 2. The normalized spacial score (nSPS) is 13.6. The van der Waals surface area contributed by atoms with Gasteiger partial charge in [0.2, 0.25) is 0 Å². The van der Waals surface area contributed by atoms with Gasteiger partial charge in [-0.3, -0.25) is 9.36 Å². The van der Waals surface area contributed by atoms with Gasteiger partial charge in [-0.15, -0.1) is 0 Å². The number of aromatic amines is 1. The zero-order valence-corrected chi connectivity index (χ0v) is 22.2. The second-order valence-electron chi connectivity index (χ2n) is 9.40. The Morgan fingerprint density at radius 3 is 2.58 bits per heavy atom. The van der Waals surface area contributed by atoms with Crippen LogP contribution in [0.25, 0.3) is 22.4 Å². The molecule has 0 saturated carbocycles. The van der Waals surface area contributed by atoms with E-state index in [4.69, 9.17) is 4.74 Å². The fourth-order valence-corrected chi connectivity index (χ4v) is 5.35. The zero-order chi connectivity index (χ0) is 26.6. The lowest BCUT2D eigenvalue weighted by atomic mass is 10.1. The van der Waals surface area contributed by atoms with Crippen LogP contribution in [0.2, 0.25) is 0 Å². The molecule has 196 valence electrons. The van der Waals surface area contributed by atoms with Gasteiger partial charge < -0.3 is 20.4 Å². The molecular weight excluding hydrogens is 506 g/mol. The highest BCUT2D eigenvalue weighted by Crippen LogP contribution is 2.33. The second-order valence-corrected chi connectivity index (χ2v) is 11.4. The van der Waals surface area contributed by atoms with Crippen LogP contribution in [0, 0.1) is 13.8 Å². The van der Waals surface area contributed by atoms with Crippen molar-refractivity contribution in [1.29, 1.82) is 0 Å². The molecule has 0 atom stereocenters. The summed E-state index contributed by atoms with van der Waals surface area (Å²) in [5, 5.41) is 15.6. The molecule has 0 aliphatic carbocycles. The first-order valence-corrected chi connectivity index (χ1v) is 13.9. The van der Waals surface area contributed by atoms with Crippen molar-refractivity contribution in [3.8, 4) is 11.3 Å². The van der Waals surface area contributed by atoms with Crippen molar-refractivity contribution in [2.45, 2.75) is 31.9 Å². The van der Waals surface area contributed by atoms with Crippen LogP contribution in [0.15, 0.2) is 41.3 Å². The molecule has 1 aliphatic heterocycles. The van der Waals surface area contributed by atoms with Crippen LogP contribution < -0.4 is 10.6 Å². The van der Waals surface area contributed by atoms with Gasteiger partial charge in [0.1, 0.15) is 17.2 Å². The fourth-order valence-electron chi connectivity index (χ4n) is 4.49. The molecule has 0 fully saturated rings. The summed E-state index contributed by atoms with van der Waals surface area (Å²) in [5.41, 5.74) is 5.55. The first kappa shape index (κ1) is 24.1. The largest absolute Gasteiger partial charge is 0.373 e. The maximum atomic E-state index is 12.8. The van der Waals surface area contributed by atoms with Gasteiger partial charge in [0.05, 0.1) is 47.4 Å². The van der Waals surface area contributed by atoms with Crippen LogP contribution in [0.1, 0.15) is 17.2 Å². The molecule has 0 spiro atoms. The van der Waals surface area contributed by atoms with E-state index in [1.54, 1.807) is 22.9 Å². The van der Waals surface area contributed by atoms with Gasteiger partial charge in [-0.25, -0.2) is 18.4 Å². The average molecular weight is 534 g/mol. The Morgan fingerprint density at radius 2 is 1.84 bits per heavy atom. The van der Waals surface area contributed by atoms with Crippen molar-refractivity contribution in [1.82, 2.24) is 34.5 Å². The summed E-state index contributed by atoms with van der Waals surface area (Å²) in [6.45, 7) is 5.62. The Morgan fingerprint density at radius 1 is 1.00 bits per heavy atom. The van der Waals surface area contributed by atoms with E-state index in [1.807, 2.05) is 43.8 Å². The SMILES string of the molecule is Cc1nc2c(Nc3ccc(-c4cc(C)n(C)n4)cc3S(C)(=O)=O)cc(Nc3cc4n(n3)CCOC4)nc2[nH]1. The summed E-state index contributed by atoms with van der Waals surface area (Å²) in [6, 6.07) is 10.9. The van der Waals surface area contributed by atoms with E-state index in [-0.39, 0.29) is 4.90 Å². The molecule has 0 amide bonds. The first-order valence-electron chi connectivity index (χ1n) is 12.0. The molecule has 1 aromatic carbocycles. The maximum Gasteiger partial charge on any atom is 0.177 e. The summed E-state index contributed by atoms with van der Waals surface area (Å²) in [6.07, 6.45) is 1.19. The van der Waals surface area contributed by atoms with Crippen LogP contribution in [-0.2, 0) is 34.8 Å². The summed E-state index contributed by atoms with van der Waals surface area (Å²) < 4.78 is 34.9. The van der Waals surface area contributed by atoms with Crippen molar-refractivity contribution in [2.24, 2.45) is 7.05 Å². The van der Waals surface area contributed by atoms with Crippen LogP contribution in [0.4, 0.5) is 23.0 Å². The van der Waals surface area contributed by atoms with E-state index in [1.165, 1.54) is 6.26 Å². The molecule has 3 N–H and O–H groups in total. The molecule has 0 saturated heterocycles. The van der Waals surface area contributed by atoms with E-state index in [9.17, 15) is 8.42 Å². The molecule has 5 heterocycles. The molecule has 5 aromatic rings. The third-order valence-electron chi connectivity index (χ3n) is 6.45. The Bertz CT molecular complexity index is 1760. The molecule has 1 aliphatic rings. The predicted molar refractivity (Wildman–Crippen MR) is 144 cm³/mol. The molecule has 4 aromatic heterocycles. The van der Waals surface area contributed by atoms with Crippen molar-refractivity contribution < 1.29 is 13.2 Å². The highest BCUT2D eigenvalue weighted by atomic mass is 32.2. The second kappa shape index (κ2) is 8.96. The van der Waals surface area contributed by atoms with Gasteiger partial charge in [-0.1, -0.05) is 6.07 Å². The lowest BCUT2D eigenvalue weighted by Gasteiger charge is -2.14. The van der Waals surface area contributed by atoms with E-state index < -0.39 is 9.84 Å². The number of nitrogens with zero attached hydrogens (tertiary/aromatic N) is 6. The highest BCUT2D eigenvalue weighted by Gasteiger charge is 2.19. The number of hydrogen-bond acceptors (Lipinski definition) is 9. The van der Waals surface area contributed by atoms with Crippen LogP contribution in [-0.4, -0.2) is 55.8 Å². The Balaban J connectivity index is 1.40. The maximum absolute atomic E-state index is 12.8. The molecule has 6 rings (SSSR count). The zero-order valence-electron chi connectivity index (χ0n) is 21.4. The number of nitrogens with one attached hydrogen (secondary N) is 3. The average Bonchev–Trinajstić information content (AvgIpc) is 3.54. The number of rotatable bonds is 6. The number of ether oxygens (including phenoxy) is 1. The van der Waals surface area contributed by atoms with E-state index in [2.05, 4.69) is 35.8 Å². The monoisotopic (exact) mass is 533 g/mol. The third-order valence-corrected chi connectivity index (χ3v) is 7.59. The van der Waals surface area contributed by atoms with Gasteiger partial charge in [0.15, 0.2) is 21.3 Å². The summed E-state index contributed by atoms with van der Waals surface area (Å²) >= 11 is 0. The summed E-state index contributed by atoms with van der Waals surface area (Å²) in [4.78, 5) is 12.6. The molecule has 38 heavy (non-hydrogen) atoms. The standard InChI is InChI=1S/C25H27N9O3S/c1-14-9-19(31-33(14)3)16-5-6-18(21(10-16)38(4,35)36)28-20-12-22(30-25-24(20)26-15(2)27-25)29-23-11-17-13-37-8-7-34(17)32-23/h5-6,9-12H,7-8,13H2,1-4H3,(H3,26,27,28,29,30,32). The number of hydrogen-bond donors (Lipinski definition) is 3. The summed E-state index contributed by atoms with van der Waals surface area (Å²) in [7, 11) is -1.72. The molecule has 12 nitrogen and oxygen atoms in total. The smallest absolute Gasteiger partial charge is 0.177 e. The highest BCUT2D eigenvalue weighted by molar-refractivity contribution is 7.90. The lowest BCUT2D eigenvalue weighted by molar-refractivity contribution is 0.0801. The van der Waals surface area contributed by atoms with E-state index in [0.29, 0.717) is 71.0 Å². The van der Waals surface area contributed by atoms with Gasteiger partial charge in [0.25, 0.3) is 0 Å². The van der Waals surface area contributed by atoms with Gasteiger partial charge in [-0.2, -0.15) is 10.2 Å². The summed E-state index contributed by atoms with van der Waals surface area (Å²) in [5.74, 6) is 1.86. The molecular formula is C25H27N9O3S. The molecule has 0 radical (unpaired) electrons. The Hall–Kier alpha value is -4.23. The first-order chi connectivity index (χ1) is 18.1.